The summed E-state index contributed by atoms with van der Waals surface area (Å²) < 4.78 is 0. The van der Waals surface area contributed by atoms with Crippen molar-refractivity contribution in [3.05, 3.63) is 60.7 Å². The van der Waals surface area contributed by atoms with Crippen molar-refractivity contribution in [1.29, 1.82) is 0 Å². The predicted molar refractivity (Wildman–Crippen MR) is 123 cm³/mol. The molecule has 4 nitrogen and oxygen atoms in total. The maximum atomic E-state index is 2.55. The van der Waals surface area contributed by atoms with E-state index in [1.165, 1.54) is 5.56 Å². The van der Waals surface area contributed by atoms with E-state index in [-0.39, 0.29) is 12.3 Å². The Morgan fingerprint density at radius 1 is 0.517 bits per heavy atom. The summed E-state index contributed by atoms with van der Waals surface area (Å²) in [6.07, 6.45) is 9.76. The van der Waals surface area contributed by atoms with Crippen molar-refractivity contribution in [2.24, 2.45) is 0 Å². The summed E-state index contributed by atoms with van der Waals surface area (Å²) >= 11 is 0. The van der Waals surface area contributed by atoms with Gasteiger partial charge in [0.2, 0.25) is 0 Å². The van der Waals surface area contributed by atoms with Gasteiger partial charge in [-0.05, 0) is 61.0 Å². The number of nitrogens with zero attached hydrogens (tertiary/aromatic N) is 4. The molecule has 0 fully saturated rings. The van der Waals surface area contributed by atoms with Crippen LogP contribution in [0.2, 0.25) is 0 Å². The second-order valence-corrected chi connectivity index (χ2v) is 9.52. The van der Waals surface area contributed by atoms with Crippen LogP contribution in [0, 0.1) is 0 Å². The van der Waals surface area contributed by atoms with Gasteiger partial charge < -0.3 is 19.6 Å². The molecular formula is C25H40N4. The van der Waals surface area contributed by atoms with Crippen molar-refractivity contribution >= 4 is 0 Å². The number of hydrogen-bond acceptors (Lipinski definition) is 4. The minimum Gasteiger partial charge on any atom is -0.353 e. The van der Waals surface area contributed by atoms with Gasteiger partial charge in [-0.25, -0.2) is 0 Å². The highest BCUT2D eigenvalue weighted by atomic mass is 15.5. The molecule has 2 aliphatic heterocycles. The first-order chi connectivity index (χ1) is 13.7. The van der Waals surface area contributed by atoms with E-state index in [1.807, 2.05) is 0 Å². The molecule has 0 aromatic heterocycles. The molecule has 0 radical (unpaired) electrons. The minimum absolute atomic E-state index is 0.282. The van der Waals surface area contributed by atoms with E-state index in [2.05, 4.69) is 130 Å². The monoisotopic (exact) mass is 396 g/mol. The molecule has 0 aliphatic carbocycles. The second-order valence-electron chi connectivity index (χ2n) is 9.52. The van der Waals surface area contributed by atoms with Crippen LogP contribution in [0.15, 0.2) is 55.1 Å². The zero-order valence-corrected chi connectivity index (χ0v) is 19.5. The lowest BCUT2D eigenvalue weighted by atomic mass is 9.88. The molecule has 0 unspecified atom stereocenters. The average Bonchev–Trinajstić information content (AvgIpc) is 3.28. The van der Waals surface area contributed by atoms with Gasteiger partial charge in [0.05, 0.1) is 5.92 Å². The lowest BCUT2D eigenvalue weighted by molar-refractivity contribution is 0.00171. The van der Waals surface area contributed by atoms with E-state index in [4.69, 9.17) is 0 Å². The maximum absolute atomic E-state index is 2.55. The number of rotatable bonds is 7. The summed E-state index contributed by atoms with van der Waals surface area (Å²) in [4.78, 5) is 10.2. The SMILES string of the molecule is CC(C)N1C=CN(C(C)C)C1C(c1ccccc1)C1N(C(C)C)C=CN1C(C)C. The summed E-state index contributed by atoms with van der Waals surface area (Å²) in [5.74, 6) is 0.316. The van der Waals surface area contributed by atoms with Gasteiger partial charge in [-0.3, -0.25) is 0 Å². The van der Waals surface area contributed by atoms with E-state index in [0.717, 1.165) is 0 Å². The number of benzene rings is 1. The Morgan fingerprint density at radius 3 is 1.10 bits per heavy atom. The minimum atomic E-state index is 0.282. The molecule has 3 rings (SSSR count). The van der Waals surface area contributed by atoms with Gasteiger partial charge in [-0.15, -0.1) is 0 Å². The first-order valence-electron chi connectivity index (χ1n) is 11.2. The maximum Gasteiger partial charge on any atom is 0.112 e. The highest BCUT2D eigenvalue weighted by Gasteiger charge is 2.46. The van der Waals surface area contributed by atoms with Gasteiger partial charge in [0.25, 0.3) is 0 Å². The van der Waals surface area contributed by atoms with Crippen LogP contribution >= 0.6 is 0 Å². The van der Waals surface area contributed by atoms with Crippen molar-refractivity contribution in [1.82, 2.24) is 19.6 Å². The lowest BCUT2D eigenvalue weighted by Crippen LogP contribution is -2.57. The Labute approximate surface area is 178 Å². The highest BCUT2D eigenvalue weighted by molar-refractivity contribution is 5.27. The summed E-state index contributed by atoms with van der Waals surface area (Å²) in [5, 5.41) is 0. The van der Waals surface area contributed by atoms with Crippen LogP contribution in [0.5, 0.6) is 0 Å². The molecular weight excluding hydrogens is 356 g/mol. The van der Waals surface area contributed by atoms with E-state index >= 15 is 0 Å². The van der Waals surface area contributed by atoms with E-state index < -0.39 is 0 Å². The third-order valence-corrected chi connectivity index (χ3v) is 6.26. The van der Waals surface area contributed by atoms with Crippen LogP contribution in [0.25, 0.3) is 0 Å². The van der Waals surface area contributed by atoms with Gasteiger partial charge in [0, 0.05) is 49.0 Å². The smallest absolute Gasteiger partial charge is 0.112 e. The van der Waals surface area contributed by atoms with Gasteiger partial charge in [0.15, 0.2) is 0 Å². The third-order valence-electron chi connectivity index (χ3n) is 6.26. The quantitative estimate of drug-likeness (QED) is 0.625. The van der Waals surface area contributed by atoms with Gasteiger partial charge in [0.1, 0.15) is 12.3 Å². The van der Waals surface area contributed by atoms with Gasteiger partial charge >= 0.3 is 0 Å². The molecule has 2 heterocycles. The molecule has 2 aliphatic rings. The van der Waals surface area contributed by atoms with E-state index in [1.54, 1.807) is 0 Å². The summed E-state index contributed by atoms with van der Waals surface area (Å²) in [5.41, 5.74) is 1.41. The van der Waals surface area contributed by atoms with Crippen LogP contribution in [0.3, 0.4) is 0 Å². The molecule has 0 bridgehead atoms. The Morgan fingerprint density at radius 2 is 0.828 bits per heavy atom. The molecule has 0 amide bonds. The standard InChI is InChI=1S/C25H40N4/c1-18(2)26-14-15-27(19(3)4)24(26)23(22-12-10-9-11-13-22)25-28(20(5)6)16-17-29(25)21(7)8/h9-21,23-25H,1-8H3. The number of hydrogen-bond donors (Lipinski definition) is 0. The zero-order chi connectivity index (χ0) is 21.3. The Bertz CT molecular complexity index is 629. The fraction of sp³-hybridized carbons (Fsp3) is 0.600. The van der Waals surface area contributed by atoms with Crippen LogP contribution in [-0.2, 0) is 0 Å². The Kier molecular flexibility index (Phi) is 6.50. The predicted octanol–water partition coefficient (Wildman–Crippen LogP) is 5.23. The van der Waals surface area contributed by atoms with E-state index in [9.17, 15) is 0 Å². The summed E-state index contributed by atoms with van der Waals surface area (Å²) in [7, 11) is 0. The normalized spacial score (nSPS) is 18.4. The van der Waals surface area contributed by atoms with Crippen molar-refractivity contribution in [2.75, 3.05) is 0 Å². The molecule has 1 aromatic carbocycles. The van der Waals surface area contributed by atoms with Crippen LogP contribution in [0.1, 0.15) is 66.9 Å². The Hall–Kier alpha value is -2.10. The topological polar surface area (TPSA) is 13.0 Å². The molecule has 0 spiro atoms. The van der Waals surface area contributed by atoms with Crippen LogP contribution in [-0.4, -0.2) is 56.1 Å². The molecule has 29 heavy (non-hydrogen) atoms. The van der Waals surface area contributed by atoms with Crippen molar-refractivity contribution in [3.8, 4) is 0 Å². The fourth-order valence-corrected chi connectivity index (χ4v) is 4.79. The zero-order valence-electron chi connectivity index (χ0n) is 19.5. The van der Waals surface area contributed by atoms with Crippen LogP contribution in [0.4, 0.5) is 0 Å². The molecule has 0 atom stereocenters. The lowest BCUT2D eigenvalue weighted by Gasteiger charge is -2.49. The van der Waals surface area contributed by atoms with Gasteiger partial charge in [-0.2, -0.15) is 0 Å². The molecule has 0 saturated heterocycles. The Balaban J connectivity index is 2.14. The summed E-state index contributed by atoms with van der Waals surface area (Å²) in [6, 6.07) is 12.9. The van der Waals surface area contributed by atoms with Crippen molar-refractivity contribution in [2.45, 2.75) is 97.8 Å². The third kappa shape index (κ3) is 4.12. The molecule has 0 N–H and O–H groups in total. The van der Waals surface area contributed by atoms with Crippen molar-refractivity contribution in [3.63, 3.8) is 0 Å². The van der Waals surface area contributed by atoms with Crippen LogP contribution < -0.4 is 0 Å². The first kappa shape index (κ1) is 21.6. The molecule has 160 valence electrons. The fourth-order valence-electron chi connectivity index (χ4n) is 4.79. The summed E-state index contributed by atoms with van der Waals surface area (Å²) in [6.45, 7) is 18.4. The molecule has 4 heteroatoms. The average molecular weight is 397 g/mol. The van der Waals surface area contributed by atoms with E-state index in [0.29, 0.717) is 30.1 Å². The second kappa shape index (κ2) is 8.73. The van der Waals surface area contributed by atoms with Crippen molar-refractivity contribution < 1.29 is 0 Å². The van der Waals surface area contributed by atoms with Gasteiger partial charge in [-0.1, -0.05) is 30.3 Å². The molecule has 1 aromatic rings. The first-order valence-corrected chi connectivity index (χ1v) is 11.2. The molecule has 0 saturated carbocycles. The largest absolute Gasteiger partial charge is 0.353 e. The highest BCUT2D eigenvalue weighted by Crippen LogP contribution is 2.41.